The highest BCUT2D eigenvalue weighted by atomic mass is 16.6. The molecule has 5 rings (SSSR count). The number of nitrogens with one attached hydrogen (secondary N) is 1. The summed E-state index contributed by atoms with van der Waals surface area (Å²) in [6, 6.07) is 14.2. The molecule has 1 atom stereocenters. The maximum atomic E-state index is 6.20. The molecule has 3 heterocycles. The zero-order valence-corrected chi connectivity index (χ0v) is 16.0. The van der Waals surface area contributed by atoms with E-state index >= 15 is 0 Å². The lowest BCUT2D eigenvalue weighted by Gasteiger charge is -2.33. The molecule has 0 radical (unpaired) electrons. The van der Waals surface area contributed by atoms with Gasteiger partial charge < -0.3 is 19.2 Å². The van der Waals surface area contributed by atoms with Crippen molar-refractivity contribution in [2.24, 2.45) is 0 Å². The molecule has 0 saturated carbocycles. The Hall–Kier alpha value is -2.92. The van der Waals surface area contributed by atoms with Crippen LogP contribution in [0.25, 0.3) is 16.5 Å². The van der Waals surface area contributed by atoms with Gasteiger partial charge >= 0.3 is 0 Å². The van der Waals surface area contributed by atoms with E-state index in [2.05, 4.69) is 46.4 Å². The Morgan fingerprint density at radius 2 is 2.11 bits per heavy atom. The summed E-state index contributed by atoms with van der Waals surface area (Å²) in [5.41, 5.74) is 3.94. The lowest BCUT2D eigenvalue weighted by Crippen LogP contribution is -2.42. The van der Waals surface area contributed by atoms with Crippen molar-refractivity contribution in [1.82, 2.24) is 9.88 Å². The van der Waals surface area contributed by atoms with Crippen LogP contribution in [0.2, 0.25) is 0 Å². The predicted octanol–water partition coefficient (Wildman–Crippen LogP) is 4.11. The van der Waals surface area contributed by atoms with Gasteiger partial charge in [0, 0.05) is 42.3 Å². The van der Waals surface area contributed by atoms with Crippen molar-refractivity contribution < 1.29 is 14.2 Å². The minimum atomic E-state index is 0.00633. The Morgan fingerprint density at radius 1 is 1.18 bits per heavy atom. The monoisotopic (exact) mass is 376 g/mol. The zero-order valence-electron chi connectivity index (χ0n) is 16.0. The first-order valence-corrected chi connectivity index (χ1v) is 9.76. The van der Waals surface area contributed by atoms with Crippen molar-refractivity contribution in [3.8, 4) is 17.2 Å². The van der Waals surface area contributed by atoms with Crippen molar-refractivity contribution >= 4 is 16.5 Å². The van der Waals surface area contributed by atoms with E-state index in [1.165, 1.54) is 22.0 Å². The van der Waals surface area contributed by atoms with Gasteiger partial charge in [-0.15, -0.1) is 0 Å². The standard InChI is InChI=1S/C23H24N2O3/c1-26-21-7-4-8-22-23(21)28-17(15-27-22)14-25-11-9-16(10-12-25)19-13-24-20-6-3-2-5-18(19)20/h2-9,13,17,24H,10-12,14-15H2,1H3. The minimum absolute atomic E-state index is 0.00633. The van der Waals surface area contributed by atoms with E-state index in [1.807, 2.05) is 18.2 Å². The van der Waals surface area contributed by atoms with E-state index in [0.717, 1.165) is 37.6 Å². The smallest absolute Gasteiger partial charge is 0.204 e. The second-order valence-corrected chi connectivity index (χ2v) is 7.33. The van der Waals surface area contributed by atoms with Crippen molar-refractivity contribution in [3.63, 3.8) is 0 Å². The lowest BCUT2D eigenvalue weighted by molar-refractivity contribution is 0.0586. The van der Waals surface area contributed by atoms with Gasteiger partial charge in [0.15, 0.2) is 11.5 Å². The number of ether oxygens (including phenoxy) is 3. The van der Waals surface area contributed by atoms with Crippen molar-refractivity contribution in [2.45, 2.75) is 12.5 Å². The molecule has 5 heteroatoms. The van der Waals surface area contributed by atoms with Crippen molar-refractivity contribution in [1.29, 1.82) is 0 Å². The van der Waals surface area contributed by atoms with E-state index in [4.69, 9.17) is 14.2 Å². The number of H-pyrrole nitrogens is 1. The van der Waals surface area contributed by atoms with E-state index in [-0.39, 0.29) is 6.10 Å². The van der Waals surface area contributed by atoms with Gasteiger partial charge in [-0.05, 0) is 30.2 Å². The molecule has 3 aromatic rings. The normalized spacial score (nSPS) is 19.5. The molecule has 5 nitrogen and oxygen atoms in total. The first-order chi connectivity index (χ1) is 13.8. The third-order valence-electron chi connectivity index (χ3n) is 5.56. The van der Waals surface area contributed by atoms with Crippen molar-refractivity contribution in [2.75, 3.05) is 33.4 Å². The fourth-order valence-corrected chi connectivity index (χ4v) is 4.11. The number of benzene rings is 2. The average molecular weight is 376 g/mol. The Morgan fingerprint density at radius 3 is 2.96 bits per heavy atom. The summed E-state index contributed by atoms with van der Waals surface area (Å²) in [5, 5.41) is 1.30. The van der Waals surface area contributed by atoms with E-state index < -0.39 is 0 Å². The van der Waals surface area contributed by atoms with E-state index in [1.54, 1.807) is 7.11 Å². The summed E-state index contributed by atoms with van der Waals surface area (Å²) in [7, 11) is 1.66. The van der Waals surface area contributed by atoms with Gasteiger partial charge in [0.2, 0.25) is 5.75 Å². The molecule has 2 aliphatic heterocycles. The molecular formula is C23H24N2O3. The van der Waals surface area contributed by atoms with Gasteiger partial charge in [0.1, 0.15) is 12.7 Å². The summed E-state index contributed by atoms with van der Waals surface area (Å²) < 4.78 is 17.5. The maximum absolute atomic E-state index is 6.20. The molecule has 0 amide bonds. The van der Waals surface area contributed by atoms with Crippen LogP contribution in [0.5, 0.6) is 17.2 Å². The van der Waals surface area contributed by atoms with Crippen LogP contribution in [0.1, 0.15) is 12.0 Å². The summed E-state index contributed by atoms with van der Waals surface area (Å²) >= 11 is 0. The molecule has 0 aliphatic carbocycles. The predicted molar refractivity (Wildman–Crippen MR) is 110 cm³/mol. The van der Waals surface area contributed by atoms with Gasteiger partial charge in [0.25, 0.3) is 0 Å². The molecule has 0 bridgehead atoms. The third-order valence-corrected chi connectivity index (χ3v) is 5.56. The van der Waals surface area contributed by atoms with Crippen LogP contribution in [-0.4, -0.2) is 49.3 Å². The Balaban J connectivity index is 1.26. The Labute approximate surface area is 164 Å². The fraction of sp³-hybridized carbons (Fsp3) is 0.304. The van der Waals surface area contributed by atoms with Crippen LogP contribution in [0.15, 0.2) is 54.7 Å². The first kappa shape index (κ1) is 17.2. The molecule has 0 saturated heterocycles. The summed E-state index contributed by atoms with van der Waals surface area (Å²) in [5.74, 6) is 2.20. The number of para-hydroxylation sites is 2. The van der Waals surface area contributed by atoms with Crippen LogP contribution in [-0.2, 0) is 0 Å². The number of aromatic amines is 1. The summed E-state index contributed by atoms with van der Waals surface area (Å²) in [6.07, 6.45) is 5.52. The minimum Gasteiger partial charge on any atom is -0.493 e. The number of methoxy groups -OCH3 is 1. The number of hydrogen-bond acceptors (Lipinski definition) is 4. The number of rotatable bonds is 4. The third kappa shape index (κ3) is 3.12. The quantitative estimate of drug-likeness (QED) is 0.745. The molecule has 0 fully saturated rings. The topological polar surface area (TPSA) is 46.7 Å². The van der Waals surface area contributed by atoms with Crippen LogP contribution in [0.3, 0.4) is 0 Å². The molecule has 144 valence electrons. The van der Waals surface area contributed by atoms with Crippen LogP contribution in [0.4, 0.5) is 0 Å². The Bertz CT molecular complexity index is 1010. The maximum Gasteiger partial charge on any atom is 0.204 e. The molecule has 1 N–H and O–H groups in total. The van der Waals surface area contributed by atoms with Gasteiger partial charge in [-0.3, -0.25) is 4.90 Å². The van der Waals surface area contributed by atoms with E-state index in [9.17, 15) is 0 Å². The zero-order chi connectivity index (χ0) is 18.9. The summed E-state index contributed by atoms with van der Waals surface area (Å²) in [6.45, 7) is 3.35. The van der Waals surface area contributed by atoms with Crippen LogP contribution in [0, 0.1) is 0 Å². The molecule has 2 aliphatic rings. The first-order valence-electron chi connectivity index (χ1n) is 9.76. The summed E-state index contributed by atoms with van der Waals surface area (Å²) in [4.78, 5) is 5.80. The number of fused-ring (bicyclic) bond motifs is 2. The molecule has 1 aromatic heterocycles. The van der Waals surface area contributed by atoms with E-state index in [0.29, 0.717) is 12.4 Å². The van der Waals surface area contributed by atoms with Crippen LogP contribution >= 0.6 is 0 Å². The fourth-order valence-electron chi connectivity index (χ4n) is 4.11. The van der Waals surface area contributed by atoms with Gasteiger partial charge in [-0.1, -0.05) is 30.3 Å². The Kier molecular flexibility index (Phi) is 4.45. The lowest BCUT2D eigenvalue weighted by atomic mass is 9.99. The molecule has 28 heavy (non-hydrogen) atoms. The SMILES string of the molecule is COc1cccc2c1OC(CN1CC=C(c3c[nH]c4ccccc34)CC1)CO2. The van der Waals surface area contributed by atoms with Crippen molar-refractivity contribution in [3.05, 3.63) is 60.3 Å². The molecular weight excluding hydrogens is 352 g/mol. The highest BCUT2D eigenvalue weighted by Crippen LogP contribution is 2.40. The van der Waals surface area contributed by atoms with Gasteiger partial charge in [-0.25, -0.2) is 0 Å². The number of hydrogen-bond donors (Lipinski definition) is 1. The average Bonchev–Trinajstić information content (AvgIpc) is 3.18. The number of aromatic nitrogens is 1. The molecule has 2 aromatic carbocycles. The van der Waals surface area contributed by atoms with Crippen LogP contribution < -0.4 is 14.2 Å². The number of nitrogens with zero attached hydrogens (tertiary/aromatic N) is 1. The highest BCUT2D eigenvalue weighted by molar-refractivity contribution is 5.92. The molecule has 1 unspecified atom stereocenters. The molecule has 0 spiro atoms. The van der Waals surface area contributed by atoms with Gasteiger partial charge in [-0.2, -0.15) is 0 Å². The second-order valence-electron chi connectivity index (χ2n) is 7.33. The largest absolute Gasteiger partial charge is 0.493 e. The highest BCUT2D eigenvalue weighted by Gasteiger charge is 2.26. The second kappa shape index (κ2) is 7.24. The van der Waals surface area contributed by atoms with Gasteiger partial charge in [0.05, 0.1) is 7.11 Å².